The van der Waals surface area contributed by atoms with E-state index in [0.29, 0.717) is 31.9 Å². The molecule has 1 aliphatic rings. The van der Waals surface area contributed by atoms with Crippen molar-refractivity contribution in [2.75, 3.05) is 31.1 Å². The van der Waals surface area contributed by atoms with Crippen LogP contribution in [0.2, 0.25) is 5.02 Å². The van der Waals surface area contributed by atoms with Gasteiger partial charge in [-0.1, -0.05) is 29.8 Å². The largest absolute Gasteiger partial charge is 0.352 e. The highest BCUT2D eigenvalue weighted by atomic mass is 35.5. The quantitative estimate of drug-likeness (QED) is 0.651. The predicted octanol–water partition coefficient (Wildman–Crippen LogP) is 2.70. The van der Waals surface area contributed by atoms with Crippen LogP contribution < -0.4 is 4.90 Å². The molecule has 7 nitrogen and oxygen atoms in total. The van der Waals surface area contributed by atoms with Gasteiger partial charge in [-0.2, -0.15) is 4.31 Å². The first-order valence-corrected chi connectivity index (χ1v) is 10.6. The Kier molecular flexibility index (Phi) is 5.25. The molecule has 0 radical (unpaired) electrons. The van der Waals surface area contributed by atoms with Crippen LogP contribution in [0.5, 0.6) is 0 Å². The number of rotatable bonds is 4. The predicted molar refractivity (Wildman–Crippen MR) is 108 cm³/mol. The summed E-state index contributed by atoms with van der Waals surface area (Å²) in [5, 5.41) is 8.77. The summed E-state index contributed by atoms with van der Waals surface area (Å²) in [7, 11) is -3.61. The van der Waals surface area contributed by atoms with Gasteiger partial charge in [0.2, 0.25) is 10.0 Å². The van der Waals surface area contributed by atoms with Crippen LogP contribution in [0.15, 0.2) is 65.7 Å². The molecule has 2 aromatic heterocycles. The van der Waals surface area contributed by atoms with E-state index in [9.17, 15) is 8.42 Å². The lowest BCUT2D eigenvalue weighted by Crippen LogP contribution is -2.49. The van der Waals surface area contributed by atoms with Crippen LogP contribution in [0.4, 0.5) is 5.82 Å². The average Bonchev–Trinajstić information content (AvgIpc) is 2.75. The molecule has 1 fully saturated rings. The van der Waals surface area contributed by atoms with Crippen LogP contribution in [-0.4, -0.2) is 54.1 Å². The smallest absolute Gasteiger partial charge is 0.244 e. The molecular weight excluding hydrogens is 398 g/mol. The fourth-order valence-electron chi connectivity index (χ4n) is 3.10. The van der Waals surface area contributed by atoms with Crippen molar-refractivity contribution in [2.24, 2.45) is 0 Å². The number of benzene rings is 1. The van der Waals surface area contributed by atoms with E-state index < -0.39 is 10.0 Å². The van der Waals surface area contributed by atoms with Gasteiger partial charge in [0, 0.05) is 32.4 Å². The van der Waals surface area contributed by atoms with Crippen molar-refractivity contribution < 1.29 is 8.42 Å². The van der Waals surface area contributed by atoms with Crippen LogP contribution >= 0.6 is 11.6 Å². The van der Waals surface area contributed by atoms with E-state index >= 15 is 0 Å². The number of hydrogen-bond acceptors (Lipinski definition) is 6. The molecule has 144 valence electrons. The fourth-order valence-corrected chi connectivity index (χ4v) is 5.01. The lowest BCUT2D eigenvalue weighted by molar-refractivity contribution is 0.383. The number of piperazine rings is 1. The summed E-state index contributed by atoms with van der Waals surface area (Å²) in [4.78, 5) is 6.43. The maximum Gasteiger partial charge on any atom is 0.244 e. The Morgan fingerprint density at radius 1 is 0.821 bits per heavy atom. The summed E-state index contributed by atoms with van der Waals surface area (Å²) in [5.41, 5.74) is 1.46. The summed E-state index contributed by atoms with van der Waals surface area (Å²) in [6, 6.07) is 15.9. The number of aromatic nitrogens is 3. The normalized spacial score (nSPS) is 15.5. The number of sulfonamides is 1. The second-order valence-electron chi connectivity index (χ2n) is 6.31. The van der Waals surface area contributed by atoms with Crippen molar-refractivity contribution in [3.05, 3.63) is 65.8 Å². The topological polar surface area (TPSA) is 79.3 Å². The summed E-state index contributed by atoms with van der Waals surface area (Å²) >= 11 is 6.08. The number of nitrogens with zero attached hydrogens (tertiary/aromatic N) is 5. The SMILES string of the molecule is O=S(=O)(c1ccccc1Cl)N1CCN(c2ccc(-c3ccccn3)nn2)CC1. The first-order valence-electron chi connectivity index (χ1n) is 8.80. The molecule has 0 spiro atoms. The van der Waals surface area contributed by atoms with Crippen molar-refractivity contribution in [3.8, 4) is 11.4 Å². The van der Waals surface area contributed by atoms with E-state index in [-0.39, 0.29) is 9.92 Å². The van der Waals surface area contributed by atoms with Gasteiger partial charge in [0.25, 0.3) is 0 Å². The van der Waals surface area contributed by atoms with Crippen molar-refractivity contribution in [1.29, 1.82) is 0 Å². The lowest BCUT2D eigenvalue weighted by Gasteiger charge is -2.34. The molecule has 1 saturated heterocycles. The van der Waals surface area contributed by atoms with Gasteiger partial charge in [-0.25, -0.2) is 8.42 Å². The molecule has 0 aliphatic carbocycles. The third kappa shape index (κ3) is 3.71. The number of hydrogen-bond donors (Lipinski definition) is 0. The molecule has 28 heavy (non-hydrogen) atoms. The number of anilines is 1. The number of halogens is 1. The first-order chi connectivity index (χ1) is 13.6. The van der Waals surface area contributed by atoms with Gasteiger partial charge >= 0.3 is 0 Å². The minimum Gasteiger partial charge on any atom is -0.352 e. The van der Waals surface area contributed by atoms with Crippen LogP contribution in [0.3, 0.4) is 0 Å². The van der Waals surface area contributed by atoms with Crippen molar-refractivity contribution in [2.45, 2.75) is 4.90 Å². The zero-order chi connectivity index (χ0) is 19.6. The van der Waals surface area contributed by atoms with E-state index in [0.717, 1.165) is 11.5 Å². The highest BCUT2D eigenvalue weighted by Crippen LogP contribution is 2.26. The Morgan fingerprint density at radius 2 is 1.57 bits per heavy atom. The Labute approximate surface area is 168 Å². The van der Waals surface area contributed by atoms with Gasteiger partial charge in [0.1, 0.15) is 10.6 Å². The molecule has 0 amide bonds. The van der Waals surface area contributed by atoms with Gasteiger partial charge in [-0.15, -0.1) is 10.2 Å². The Balaban J connectivity index is 1.45. The zero-order valence-electron chi connectivity index (χ0n) is 14.9. The third-order valence-corrected chi connectivity index (χ3v) is 6.99. The second kappa shape index (κ2) is 7.83. The van der Waals surface area contributed by atoms with E-state index in [2.05, 4.69) is 15.2 Å². The van der Waals surface area contributed by atoms with Crippen LogP contribution in [0, 0.1) is 0 Å². The molecule has 1 aromatic carbocycles. The van der Waals surface area contributed by atoms with Gasteiger partial charge in [0.05, 0.1) is 10.7 Å². The molecule has 0 N–H and O–H groups in total. The van der Waals surface area contributed by atoms with E-state index in [1.165, 1.54) is 10.4 Å². The lowest BCUT2D eigenvalue weighted by atomic mass is 10.2. The molecule has 3 aromatic rings. The average molecular weight is 416 g/mol. The van der Waals surface area contributed by atoms with E-state index in [4.69, 9.17) is 11.6 Å². The molecule has 0 saturated carbocycles. The first kappa shape index (κ1) is 18.8. The number of pyridine rings is 1. The van der Waals surface area contributed by atoms with Crippen molar-refractivity contribution >= 4 is 27.4 Å². The Hall–Kier alpha value is -2.55. The minimum absolute atomic E-state index is 0.143. The molecule has 0 atom stereocenters. The molecular formula is C19H18ClN5O2S. The minimum atomic E-state index is -3.61. The Bertz CT molecular complexity index is 1050. The highest BCUT2D eigenvalue weighted by Gasteiger charge is 2.30. The summed E-state index contributed by atoms with van der Waals surface area (Å²) in [6.07, 6.45) is 1.71. The summed E-state index contributed by atoms with van der Waals surface area (Å²) in [6.45, 7) is 1.77. The molecule has 4 rings (SSSR count). The maximum atomic E-state index is 12.8. The van der Waals surface area contributed by atoms with Crippen LogP contribution in [0.25, 0.3) is 11.4 Å². The summed E-state index contributed by atoms with van der Waals surface area (Å²) in [5.74, 6) is 0.717. The van der Waals surface area contributed by atoms with Gasteiger partial charge in [0.15, 0.2) is 5.82 Å². The van der Waals surface area contributed by atoms with Crippen molar-refractivity contribution in [1.82, 2.24) is 19.5 Å². The standard InChI is InChI=1S/C19H18ClN5O2S/c20-15-5-1-2-7-18(15)28(26,27)25-13-11-24(12-14-25)19-9-8-17(22-23-19)16-6-3-4-10-21-16/h1-10H,11-14H2. The van der Waals surface area contributed by atoms with E-state index in [1.807, 2.05) is 35.2 Å². The van der Waals surface area contributed by atoms with Crippen molar-refractivity contribution in [3.63, 3.8) is 0 Å². The van der Waals surface area contributed by atoms with Crippen LogP contribution in [0.1, 0.15) is 0 Å². The molecule has 1 aliphatic heterocycles. The summed E-state index contributed by atoms with van der Waals surface area (Å²) < 4.78 is 27.1. The van der Waals surface area contributed by atoms with E-state index in [1.54, 1.807) is 24.4 Å². The maximum absolute atomic E-state index is 12.8. The second-order valence-corrected chi connectivity index (χ2v) is 8.63. The molecule has 9 heteroatoms. The molecule has 0 unspecified atom stereocenters. The third-order valence-electron chi connectivity index (χ3n) is 4.59. The molecule has 3 heterocycles. The fraction of sp³-hybridized carbons (Fsp3) is 0.211. The van der Waals surface area contributed by atoms with Gasteiger partial charge in [-0.05, 0) is 36.4 Å². The van der Waals surface area contributed by atoms with Gasteiger partial charge in [-0.3, -0.25) is 4.98 Å². The Morgan fingerprint density at radius 3 is 2.21 bits per heavy atom. The zero-order valence-corrected chi connectivity index (χ0v) is 16.5. The van der Waals surface area contributed by atoms with Gasteiger partial charge < -0.3 is 4.90 Å². The molecule has 0 bridgehead atoms. The monoisotopic (exact) mass is 415 g/mol. The van der Waals surface area contributed by atoms with Crippen LogP contribution in [-0.2, 0) is 10.0 Å². The highest BCUT2D eigenvalue weighted by molar-refractivity contribution is 7.89.